The zero-order chi connectivity index (χ0) is 22.8. The van der Waals surface area contributed by atoms with Gasteiger partial charge in [0.25, 0.3) is 11.8 Å². The number of nitrogens with one attached hydrogen (secondary N) is 1. The zero-order valence-electron chi connectivity index (χ0n) is 18.2. The topological polar surface area (TPSA) is 77.1 Å². The normalized spacial score (nSPS) is 16.6. The fourth-order valence-electron chi connectivity index (χ4n) is 4.02. The molecule has 3 aromatic carbocycles. The molecule has 0 saturated carbocycles. The third kappa shape index (κ3) is 4.35. The Balaban J connectivity index is 1.38. The molecule has 1 N–H and O–H groups in total. The number of rotatable bonds is 5. The molecule has 0 saturated heterocycles. The van der Waals surface area contributed by atoms with Crippen molar-refractivity contribution in [3.05, 3.63) is 83.4 Å². The van der Waals surface area contributed by atoms with Crippen LogP contribution in [-0.2, 0) is 17.9 Å². The van der Waals surface area contributed by atoms with Crippen LogP contribution in [0.3, 0.4) is 0 Å². The number of carbonyl (C=O) groups is 2. The second kappa shape index (κ2) is 8.86. The molecule has 1 unspecified atom stereocenters. The fraction of sp³-hybridized carbons (Fsp3) is 0.231. The molecule has 2 amide bonds. The van der Waals surface area contributed by atoms with Crippen LogP contribution in [0.15, 0.2) is 66.7 Å². The van der Waals surface area contributed by atoms with Gasteiger partial charge in [0.1, 0.15) is 5.75 Å². The van der Waals surface area contributed by atoms with Gasteiger partial charge < -0.3 is 24.4 Å². The van der Waals surface area contributed by atoms with E-state index in [9.17, 15) is 9.59 Å². The summed E-state index contributed by atoms with van der Waals surface area (Å²) >= 11 is 0. The summed E-state index contributed by atoms with van der Waals surface area (Å²) in [5.74, 6) is 1.54. The molecule has 0 radical (unpaired) electrons. The number of benzene rings is 3. The van der Waals surface area contributed by atoms with Gasteiger partial charge >= 0.3 is 0 Å². The summed E-state index contributed by atoms with van der Waals surface area (Å²) in [6.45, 7) is 2.98. The molecule has 168 valence electrons. The number of carbonyl (C=O) groups excluding carboxylic acids is 2. The molecule has 0 spiro atoms. The van der Waals surface area contributed by atoms with Crippen molar-refractivity contribution in [2.24, 2.45) is 0 Å². The molecule has 7 nitrogen and oxygen atoms in total. The first-order valence-corrected chi connectivity index (χ1v) is 10.9. The third-order valence-electron chi connectivity index (χ3n) is 5.76. The lowest BCUT2D eigenvalue weighted by Gasteiger charge is -2.23. The molecule has 7 heteroatoms. The first kappa shape index (κ1) is 20.9. The number of hydrogen-bond donors (Lipinski definition) is 1. The summed E-state index contributed by atoms with van der Waals surface area (Å²) in [4.78, 5) is 27.7. The summed E-state index contributed by atoms with van der Waals surface area (Å²) in [6, 6.07) is 20.4. The standard InChI is InChI=1S/C26H24N2O5/c1-2-21-26(30)28(14-17-6-4-3-5-7-17)15-19-12-20(9-11-22(19)33-21)27-25(29)18-8-10-23-24(13-18)32-16-31-23/h3-13,21H,2,14-16H2,1H3,(H,27,29). The van der Waals surface area contributed by atoms with Crippen molar-refractivity contribution < 1.29 is 23.8 Å². The summed E-state index contributed by atoms with van der Waals surface area (Å²) < 4.78 is 16.7. The molecule has 0 aromatic heterocycles. The Morgan fingerprint density at radius 3 is 2.61 bits per heavy atom. The van der Waals surface area contributed by atoms with Crippen molar-refractivity contribution in [2.75, 3.05) is 12.1 Å². The van der Waals surface area contributed by atoms with Gasteiger partial charge in [-0.3, -0.25) is 9.59 Å². The van der Waals surface area contributed by atoms with Crippen LogP contribution in [0.1, 0.15) is 34.8 Å². The second-order valence-corrected chi connectivity index (χ2v) is 8.04. The van der Waals surface area contributed by atoms with Crippen molar-refractivity contribution >= 4 is 17.5 Å². The van der Waals surface area contributed by atoms with Gasteiger partial charge in [-0.05, 0) is 48.4 Å². The monoisotopic (exact) mass is 444 g/mol. The van der Waals surface area contributed by atoms with Crippen molar-refractivity contribution in [1.29, 1.82) is 0 Å². The minimum atomic E-state index is -0.538. The van der Waals surface area contributed by atoms with Crippen molar-refractivity contribution in [1.82, 2.24) is 4.90 Å². The molecule has 2 aliphatic rings. The average Bonchev–Trinajstić information content (AvgIpc) is 3.26. The number of anilines is 1. The van der Waals surface area contributed by atoms with Gasteiger partial charge in [0.2, 0.25) is 6.79 Å². The molecule has 0 aliphatic carbocycles. The van der Waals surface area contributed by atoms with Crippen molar-refractivity contribution in [3.8, 4) is 17.2 Å². The highest BCUT2D eigenvalue weighted by molar-refractivity contribution is 6.04. The van der Waals surface area contributed by atoms with E-state index < -0.39 is 6.10 Å². The third-order valence-corrected chi connectivity index (χ3v) is 5.76. The van der Waals surface area contributed by atoms with Crippen LogP contribution in [0.5, 0.6) is 17.2 Å². The predicted octanol–water partition coefficient (Wildman–Crippen LogP) is 4.37. The van der Waals surface area contributed by atoms with Crippen LogP contribution in [0.25, 0.3) is 0 Å². The van der Waals surface area contributed by atoms with Gasteiger partial charge in [0.15, 0.2) is 17.6 Å². The quantitative estimate of drug-likeness (QED) is 0.633. The van der Waals surface area contributed by atoms with Crippen LogP contribution < -0.4 is 19.5 Å². The van der Waals surface area contributed by atoms with Crippen molar-refractivity contribution in [3.63, 3.8) is 0 Å². The Bertz CT molecular complexity index is 1190. The van der Waals surface area contributed by atoms with Crippen LogP contribution in [-0.4, -0.2) is 29.6 Å². The van der Waals surface area contributed by atoms with E-state index in [0.717, 1.165) is 11.1 Å². The molecular weight excluding hydrogens is 420 g/mol. The number of fused-ring (bicyclic) bond motifs is 2. The molecule has 5 rings (SSSR count). The molecule has 0 bridgehead atoms. The number of nitrogens with zero attached hydrogens (tertiary/aromatic N) is 1. The first-order valence-electron chi connectivity index (χ1n) is 10.9. The Hall–Kier alpha value is -4.00. The Morgan fingerprint density at radius 2 is 1.79 bits per heavy atom. The maximum atomic E-state index is 13.1. The SMILES string of the molecule is CCC1Oc2ccc(NC(=O)c3ccc4c(c3)OCO4)cc2CN(Cc2ccccc2)C1=O. The summed E-state index contributed by atoms with van der Waals surface area (Å²) in [6.07, 6.45) is 0.0376. The molecular formula is C26H24N2O5. The highest BCUT2D eigenvalue weighted by atomic mass is 16.7. The highest BCUT2D eigenvalue weighted by Crippen LogP contribution is 2.33. The van der Waals surface area contributed by atoms with Gasteiger partial charge in [-0.15, -0.1) is 0 Å². The molecule has 2 heterocycles. The fourth-order valence-corrected chi connectivity index (χ4v) is 4.02. The minimum Gasteiger partial charge on any atom is -0.480 e. The van der Waals surface area contributed by atoms with Crippen LogP contribution >= 0.6 is 0 Å². The van der Waals surface area contributed by atoms with Gasteiger partial charge in [-0.1, -0.05) is 37.3 Å². The van der Waals surface area contributed by atoms with E-state index in [1.54, 1.807) is 29.2 Å². The Labute approximate surface area is 191 Å². The van der Waals surface area contributed by atoms with E-state index in [4.69, 9.17) is 14.2 Å². The first-order chi connectivity index (χ1) is 16.1. The molecule has 1 atom stereocenters. The summed E-state index contributed by atoms with van der Waals surface area (Å²) in [5.41, 5.74) is 2.99. The maximum absolute atomic E-state index is 13.1. The molecule has 33 heavy (non-hydrogen) atoms. The van der Waals surface area contributed by atoms with E-state index in [1.165, 1.54) is 0 Å². The highest BCUT2D eigenvalue weighted by Gasteiger charge is 2.30. The van der Waals surface area contributed by atoms with Crippen LogP contribution in [0.4, 0.5) is 5.69 Å². The summed E-state index contributed by atoms with van der Waals surface area (Å²) in [7, 11) is 0. The Morgan fingerprint density at radius 1 is 1.00 bits per heavy atom. The minimum absolute atomic E-state index is 0.0384. The van der Waals surface area contributed by atoms with Crippen LogP contribution in [0, 0.1) is 0 Å². The smallest absolute Gasteiger partial charge is 0.264 e. The largest absolute Gasteiger partial charge is 0.480 e. The lowest BCUT2D eigenvalue weighted by Crippen LogP contribution is -2.38. The van der Waals surface area contributed by atoms with E-state index >= 15 is 0 Å². The van der Waals surface area contributed by atoms with E-state index in [-0.39, 0.29) is 18.6 Å². The maximum Gasteiger partial charge on any atom is 0.264 e. The number of ether oxygens (including phenoxy) is 3. The Kier molecular flexibility index (Phi) is 5.60. The van der Waals surface area contributed by atoms with Gasteiger partial charge in [0.05, 0.1) is 0 Å². The lowest BCUT2D eigenvalue weighted by molar-refractivity contribution is -0.139. The van der Waals surface area contributed by atoms with E-state index in [1.807, 2.05) is 49.4 Å². The van der Waals surface area contributed by atoms with Gasteiger partial charge in [-0.2, -0.15) is 0 Å². The zero-order valence-corrected chi connectivity index (χ0v) is 18.2. The number of hydrogen-bond acceptors (Lipinski definition) is 5. The van der Waals surface area contributed by atoms with Crippen LogP contribution in [0.2, 0.25) is 0 Å². The van der Waals surface area contributed by atoms with Crippen molar-refractivity contribution in [2.45, 2.75) is 32.5 Å². The molecule has 0 fully saturated rings. The molecule has 3 aromatic rings. The summed E-state index contributed by atoms with van der Waals surface area (Å²) in [5, 5.41) is 2.93. The predicted molar refractivity (Wildman–Crippen MR) is 122 cm³/mol. The average molecular weight is 444 g/mol. The van der Waals surface area contributed by atoms with Gasteiger partial charge in [0, 0.05) is 29.9 Å². The van der Waals surface area contributed by atoms with E-state index in [0.29, 0.717) is 48.0 Å². The lowest BCUT2D eigenvalue weighted by atomic mass is 10.1. The molecule has 2 aliphatic heterocycles. The number of amides is 2. The second-order valence-electron chi connectivity index (χ2n) is 8.04. The van der Waals surface area contributed by atoms with Gasteiger partial charge in [-0.25, -0.2) is 0 Å². The van der Waals surface area contributed by atoms with E-state index in [2.05, 4.69) is 5.32 Å².